The van der Waals surface area contributed by atoms with Crippen molar-refractivity contribution < 1.29 is 14.1 Å². The van der Waals surface area contributed by atoms with Gasteiger partial charge in [-0.15, -0.1) is 0 Å². The molecule has 1 N–H and O–H groups in total. The Morgan fingerprint density at radius 1 is 1.15 bits per heavy atom. The van der Waals surface area contributed by atoms with Crippen molar-refractivity contribution in [2.24, 2.45) is 0 Å². The predicted molar refractivity (Wildman–Crippen MR) is 75.3 cm³/mol. The van der Waals surface area contributed by atoms with E-state index in [1.807, 2.05) is 0 Å². The monoisotopic (exact) mass is 277 g/mol. The second-order valence-corrected chi connectivity index (χ2v) is 5.91. The third kappa shape index (κ3) is 2.70. The number of piperazine rings is 1. The van der Waals surface area contributed by atoms with E-state index in [4.69, 9.17) is 0 Å². The average molecular weight is 277 g/mol. The van der Waals surface area contributed by atoms with Crippen LogP contribution >= 0.6 is 0 Å². The molecule has 0 atom stereocenters. The molecule has 1 aliphatic heterocycles. The van der Waals surface area contributed by atoms with Crippen LogP contribution in [0.25, 0.3) is 0 Å². The first-order chi connectivity index (χ1) is 9.75. The molecule has 1 saturated heterocycles. The first-order valence-corrected chi connectivity index (χ1v) is 7.64. The van der Waals surface area contributed by atoms with Gasteiger partial charge in [0.15, 0.2) is 0 Å². The molecule has 0 bridgehead atoms. The number of carbonyl (C=O) groups excluding carboxylic acids is 1. The topological polar surface area (TPSA) is 24.8 Å². The van der Waals surface area contributed by atoms with Crippen molar-refractivity contribution in [2.75, 3.05) is 26.2 Å². The fourth-order valence-electron chi connectivity index (χ4n) is 3.54. The summed E-state index contributed by atoms with van der Waals surface area (Å²) in [6.07, 6.45) is 5.37. The Labute approximate surface area is 119 Å². The number of hydrogen-bond acceptors (Lipinski definition) is 1. The van der Waals surface area contributed by atoms with Gasteiger partial charge in [0, 0.05) is 0 Å². The zero-order chi connectivity index (χ0) is 13.9. The van der Waals surface area contributed by atoms with Gasteiger partial charge in [0.2, 0.25) is 0 Å². The molecule has 2 aliphatic rings. The number of nitrogens with zero attached hydrogens (tertiary/aromatic N) is 1. The molecule has 0 spiro atoms. The molecule has 1 amide bonds. The van der Waals surface area contributed by atoms with Crippen LogP contribution in [0.5, 0.6) is 0 Å². The van der Waals surface area contributed by atoms with Crippen molar-refractivity contribution in [1.82, 2.24) is 4.90 Å². The van der Waals surface area contributed by atoms with Crippen molar-refractivity contribution in [1.29, 1.82) is 0 Å². The van der Waals surface area contributed by atoms with Gasteiger partial charge in [0.1, 0.15) is 5.82 Å². The highest BCUT2D eigenvalue weighted by Gasteiger charge is 2.31. The zero-order valence-electron chi connectivity index (χ0n) is 11.8. The summed E-state index contributed by atoms with van der Waals surface area (Å²) < 4.78 is 13.7. The van der Waals surface area contributed by atoms with E-state index in [9.17, 15) is 9.18 Å². The molecule has 1 saturated carbocycles. The second-order valence-electron chi connectivity index (χ2n) is 5.91. The van der Waals surface area contributed by atoms with E-state index in [0.29, 0.717) is 0 Å². The number of carbonyl (C=O) groups is 1. The highest BCUT2D eigenvalue weighted by molar-refractivity contribution is 5.94. The molecule has 2 fully saturated rings. The third-order valence-corrected chi connectivity index (χ3v) is 4.73. The highest BCUT2D eigenvalue weighted by atomic mass is 19.1. The first-order valence-electron chi connectivity index (χ1n) is 7.64. The SMILES string of the molecule is O=C(c1ccccc1F)N1CC[NH+](C2CCCC2)CC1. The standard InChI is InChI=1S/C16H21FN2O/c17-15-8-4-3-7-14(15)16(20)19-11-9-18(10-12-19)13-5-1-2-6-13/h3-4,7-8,13H,1-2,5-6,9-12H2/p+1. The van der Waals surface area contributed by atoms with Crippen LogP contribution in [0.4, 0.5) is 4.39 Å². The van der Waals surface area contributed by atoms with Crippen molar-refractivity contribution >= 4 is 5.91 Å². The van der Waals surface area contributed by atoms with Crippen molar-refractivity contribution in [2.45, 2.75) is 31.7 Å². The van der Waals surface area contributed by atoms with Crippen molar-refractivity contribution in [3.05, 3.63) is 35.6 Å². The number of hydrogen-bond donors (Lipinski definition) is 1. The van der Waals surface area contributed by atoms with Gasteiger partial charge >= 0.3 is 0 Å². The minimum absolute atomic E-state index is 0.159. The fourth-order valence-corrected chi connectivity index (χ4v) is 3.54. The van der Waals surface area contributed by atoms with Crippen LogP contribution in [0.3, 0.4) is 0 Å². The summed E-state index contributed by atoms with van der Waals surface area (Å²) in [5, 5.41) is 0. The Hall–Kier alpha value is -1.42. The van der Waals surface area contributed by atoms with E-state index in [1.54, 1.807) is 28.0 Å². The van der Waals surface area contributed by atoms with Gasteiger partial charge in [0.25, 0.3) is 5.91 Å². The molecule has 1 aromatic rings. The average Bonchev–Trinajstić information content (AvgIpc) is 3.01. The van der Waals surface area contributed by atoms with E-state index >= 15 is 0 Å². The summed E-state index contributed by atoms with van der Waals surface area (Å²) in [5.74, 6) is -0.573. The Bertz CT molecular complexity index is 477. The van der Waals surface area contributed by atoms with Gasteiger partial charge in [-0.3, -0.25) is 4.79 Å². The quantitative estimate of drug-likeness (QED) is 0.860. The van der Waals surface area contributed by atoms with Crippen LogP contribution in [0, 0.1) is 5.82 Å². The van der Waals surface area contributed by atoms with Crippen LogP contribution < -0.4 is 4.90 Å². The summed E-state index contributed by atoms with van der Waals surface area (Å²) in [6.45, 7) is 3.51. The molecule has 108 valence electrons. The van der Waals surface area contributed by atoms with Gasteiger partial charge < -0.3 is 9.80 Å². The number of benzene rings is 1. The molecule has 0 aromatic heterocycles. The Morgan fingerprint density at radius 3 is 2.45 bits per heavy atom. The predicted octanol–water partition coefficient (Wildman–Crippen LogP) is 1.11. The summed E-state index contributed by atoms with van der Waals surface area (Å²) in [5.41, 5.74) is 0.205. The number of quaternary nitrogens is 1. The van der Waals surface area contributed by atoms with Crippen molar-refractivity contribution in [3.63, 3.8) is 0 Å². The van der Waals surface area contributed by atoms with Gasteiger partial charge in [0.05, 0.1) is 37.8 Å². The van der Waals surface area contributed by atoms with Crippen molar-refractivity contribution in [3.8, 4) is 0 Å². The highest BCUT2D eigenvalue weighted by Crippen LogP contribution is 2.16. The fraction of sp³-hybridized carbons (Fsp3) is 0.562. The largest absolute Gasteiger partial charge is 0.330 e. The number of rotatable bonds is 2. The van der Waals surface area contributed by atoms with Gasteiger partial charge in [-0.2, -0.15) is 0 Å². The minimum Gasteiger partial charge on any atom is -0.330 e. The summed E-state index contributed by atoms with van der Waals surface area (Å²) in [6, 6.07) is 7.06. The Balaban J connectivity index is 1.60. The molecular weight excluding hydrogens is 255 g/mol. The van der Waals surface area contributed by atoms with E-state index in [-0.39, 0.29) is 11.5 Å². The van der Waals surface area contributed by atoms with Crippen LogP contribution in [0.15, 0.2) is 24.3 Å². The van der Waals surface area contributed by atoms with Crippen LogP contribution in [-0.4, -0.2) is 43.0 Å². The lowest BCUT2D eigenvalue weighted by Gasteiger charge is -2.35. The number of nitrogens with one attached hydrogen (secondary N) is 1. The molecule has 3 rings (SSSR count). The maximum atomic E-state index is 13.7. The smallest absolute Gasteiger partial charge is 0.257 e. The molecule has 20 heavy (non-hydrogen) atoms. The molecule has 0 radical (unpaired) electrons. The third-order valence-electron chi connectivity index (χ3n) is 4.73. The Kier molecular flexibility index (Phi) is 4.01. The lowest BCUT2D eigenvalue weighted by atomic mass is 10.1. The summed E-state index contributed by atoms with van der Waals surface area (Å²) >= 11 is 0. The van der Waals surface area contributed by atoms with E-state index in [2.05, 4.69) is 0 Å². The number of amides is 1. The molecule has 1 aliphatic carbocycles. The maximum absolute atomic E-state index is 13.7. The number of halogens is 1. The molecule has 4 heteroatoms. The lowest BCUT2D eigenvalue weighted by molar-refractivity contribution is -0.928. The molecule has 1 heterocycles. The zero-order valence-corrected chi connectivity index (χ0v) is 11.8. The Morgan fingerprint density at radius 2 is 1.80 bits per heavy atom. The molecule has 0 unspecified atom stereocenters. The second kappa shape index (κ2) is 5.92. The van der Waals surface area contributed by atoms with E-state index < -0.39 is 5.82 Å². The van der Waals surface area contributed by atoms with Gasteiger partial charge in [-0.05, 0) is 37.8 Å². The van der Waals surface area contributed by atoms with Gasteiger partial charge in [-0.1, -0.05) is 12.1 Å². The minimum atomic E-state index is -0.414. The van der Waals surface area contributed by atoms with Crippen LogP contribution in [0.1, 0.15) is 36.0 Å². The molecule has 1 aromatic carbocycles. The molecular formula is C16H22FN2O+. The van der Waals surface area contributed by atoms with Gasteiger partial charge in [-0.25, -0.2) is 4.39 Å². The van der Waals surface area contributed by atoms with E-state index in [1.165, 1.54) is 31.7 Å². The normalized spacial score (nSPS) is 21.4. The maximum Gasteiger partial charge on any atom is 0.257 e. The summed E-state index contributed by atoms with van der Waals surface area (Å²) in [4.78, 5) is 15.8. The lowest BCUT2D eigenvalue weighted by Crippen LogP contribution is -3.18. The van der Waals surface area contributed by atoms with Crippen LogP contribution in [-0.2, 0) is 0 Å². The first kappa shape index (κ1) is 13.6. The molecule has 3 nitrogen and oxygen atoms in total. The summed E-state index contributed by atoms with van der Waals surface area (Å²) in [7, 11) is 0. The van der Waals surface area contributed by atoms with E-state index in [0.717, 1.165) is 32.2 Å². The van der Waals surface area contributed by atoms with Crippen LogP contribution in [0.2, 0.25) is 0 Å².